The average Bonchev–Trinajstić information content (AvgIpc) is 3.16. The minimum absolute atomic E-state index is 0.197. The molecule has 0 saturated carbocycles. The third-order valence-corrected chi connectivity index (χ3v) is 7.45. The summed E-state index contributed by atoms with van der Waals surface area (Å²) in [6.07, 6.45) is 8.85. The van der Waals surface area contributed by atoms with Gasteiger partial charge in [0.2, 0.25) is 11.8 Å². The predicted molar refractivity (Wildman–Crippen MR) is 125 cm³/mol. The summed E-state index contributed by atoms with van der Waals surface area (Å²) >= 11 is 0. The first-order valence-corrected chi connectivity index (χ1v) is 12.5. The van der Waals surface area contributed by atoms with Crippen molar-refractivity contribution in [3.8, 4) is 0 Å². The molecule has 0 aromatic rings. The van der Waals surface area contributed by atoms with Gasteiger partial charge in [-0.2, -0.15) is 0 Å². The first-order valence-electron chi connectivity index (χ1n) is 12.5. The fraction of sp³-hybridized carbons (Fsp3) is 0.731. The number of nitrogens with zero attached hydrogens (tertiary/aromatic N) is 2. The Hall–Kier alpha value is -2.19. The van der Waals surface area contributed by atoms with E-state index in [0.29, 0.717) is 19.4 Å². The van der Waals surface area contributed by atoms with E-state index in [-0.39, 0.29) is 30.9 Å². The Balaban J connectivity index is 1.87. The van der Waals surface area contributed by atoms with Gasteiger partial charge in [0.25, 0.3) is 0 Å². The van der Waals surface area contributed by atoms with Crippen LogP contribution in [-0.2, 0) is 23.9 Å². The van der Waals surface area contributed by atoms with Gasteiger partial charge in [-0.25, -0.2) is 0 Å². The summed E-state index contributed by atoms with van der Waals surface area (Å²) in [4.78, 5) is 44.8. The standard InChI is InChI=1S/C26H38N2O6/c1-16(2)14-17(15-29)28-21-23(31)27(25(3,4)5)12-9-11-26(21)20(22(28)30)19-18(34-26)10-7-6-8-13-33-24(19)32/h7,9-11,16-21,29H,6,8,12-15H2,1-5H3/b10-7-/t17-,18+,19-,20+,21?,26+/m1/s1. The Kier molecular flexibility index (Phi) is 6.68. The zero-order chi connectivity index (χ0) is 24.8. The lowest BCUT2D eigenvalue weighted by atomic mass is 9.78. The number of ether oxygens (including phenoxy) is 2. The molecule has 8 nitrogen and oxygen atoms in total. The molecule has 2 amide bonds. The first-order chi connectivity index (χ1) is 16.0. The van der Waals surface area contributed by atoms with Gasteiger partial charge in [-0.3, -0.25) is 14.4 Å². The Morgan fingerprint density at radius 3 is 2.56 bits per heavy atom. The highest BCUT2D eigenvalue weighted by Gasteiger charge is 2.72. The van der Waals surface area contributed by atoms with Crippen LogP contribution < -0.4 is 0 Å². The fourth-order valence-corrected chi connectivity index (χ4v) is 6.01. The first kappa shape index (κ1) is 24.9. The molecule has 4 aliphatic heterocycles. The molecule has 6 atom stereocenters. The minimum atomic E-state index is -1.30. The molecular formula is C26H38N2O6. The second kappa shape index (κ2) is 9.11. The summed E-state index contributed by atoms with van der Waals surface area (Å²) in [6, 6.07) is -1.52. The molecule has 0 aliphatic carbocycles. The molecule has 1 N–H and O–H groups in total. The van der Waals surface area contributed by atoms with Crippen molar-refractivity contribution in [3.63, 3.8) is 0 Å². The van der Waals surface area contributed by atoms with Gasteiger partial charge in [-0.15, -0.1) is 0 Å². The molecule has 2 fully saturated rings. The zero-order valence-electron chi connectivity index (χ0n) is 20.9. The van der Waals surface area contributed by atoms with Crippen molar-refractivity contribution >= 4 is 17.8 Å². The summed E-state index contributed by atoms with van der Waals surface area (Å²) in [5, 5.41) is 10.3. The van der Waals surface area contributed by atoms with Gasteiger partial charge in [-0.05, 0) is 46.0 Å². The molecule has 2 saturated heterocycles. The van der Waals surface area contributed by atoms with Crippen LogP contribution in [-0.4, -0.2) is 81.8 Å². The number of hydrogen-bond acceptors (Lipinski definition) is 6. The number of hydrogen-bond donors (Lipinski definition) is 1. The van der Waals surface area contributed by atoms with Crippen LogP contribution in [0.5, 0.6) is 0 Å². The molecule has 4 heterocycles. The lowest BCUT2D eigenvalue weighted by Crippen LogP contribution is -2.60. The number of likely N-dealkylation sites (tertiary alicyclic amines) is 1. The Bertz CT molecular complexity index is 890. The molecule has 8 heteroatoms. The van der Waals surface area contributed by atoms with Crippen molar-refractivity contribution in [1.29, 1.82) is 0 Å². The van der Waals surface area contributed by atoms with Gasteiger partial charge < -0.3 is 24.4 Å². The largest absolute Gasteiger partial charge is 0.465 e. The summed E-state index contributed by atoms with van der Waals surface area (Å²) in [5.41, 5.74) is -1.78. The molecular weight excluding hydrogens is 436 g/mol. The average molecular weight is 475 g/mol. The quantitative estimate of drug-likeness (QED) is 0.495. The molecule has 0 aromatic carbocycles. The Morgan fingerprint density at radius 2 is 1.91 bits per heavy atom. The molecule has 0 radical (unpaired) electrons. The van der Waals surface area contributed by atoms with Crippen LogP contribution >= 0.6 is 0 Å². The molecule has 4 rings (SSSR count). The third-order valence-electron chi connectivity index (χ3n) is 7.45. The van der Waals surface area contributed by atoms with Gasteiger partial charge in [0.05, 0.1) is 31.3 Å². The number of rotatable bonds is 4. The van der Waals surface area contributed by atoms with Crippen molar-refractivity contribution in [1.82, 2.24) is 9.80 Å². The van der Waals surface area contributed by atoms with E-state index in [0.717, 1.165) is 6.42 Å². The highest BCUT2D eigenvalue weighted by Crippen LogP contribution is 2.54. The molecule has 34 heavy (non-hydrogen) atoms. The summed E-state index contributed by atoms with van der Waals surface area (Å²) < 4.78 is 12.1. The maximum absolute atomic E-state index is 14.1. The van der Waals surface area contributed by atoms with E-state index < -0.39 is 47.1 Å². The molecule has 1 spiro atoms. The number of amides is 2. The predicted octanol–water partition coefficient (Wildman–Crippen LogP) is 2.06. The molecule has 0 bridgehead atoms. The fourth-order valence-electron chi connectivity index (χ4n) is 6.01. The lowest BCUT2D eigenvalue weighted by Gasteiger charge is -2.42. The summed E-state index contributed by atoms with van der Waals surface area (Å²) in [5.74, 6) is -2.54. The topological polar surface area (TPSA) is 96.4 Å². The van der Waals surface area contributed by atoms with Crippen molar-refractivity contribution in [2.75, 3.05) is 19.8 Å². The van der Waals surface area contributed by atoms with E-state index in [9.17, 15) is 19.5 Å². The number of aliphatic hydroxyl groups excluding tert-OH is 1. The number of allylic oxidation sites excluding steroid dienone is 1. The van der Waals surface area contributed by atoms with Gasteiger partial charge in [0, 0.05) is 12.1 Å². The van der Waals surface area contributed by atoms with Crippen LogP contribution in [0.15, 0.2) is 24.3 Å². The maximum atomic E-state index is 14.1. The van der Waals surface area contributed by atoms with Crippen molar-refractivity contribution in [3.05, 3.63) is 24.3 Å². The van der Waals surface area contributed by atoms with E-state index in [1.807, 2.05) is 58.9 Å². The minimum Gasteiger partial charge on any atom is -0.465 e. The smallest absolute Gasteiger partial charge is 0.312 e. The van der Waals surface area contributed by atoms with E-state index >= 15 is 0 Å². The van der Waals surface area contributed by atoms with Gasteiger partial charge in [0.1, 0.15) is 17.6 Å². The van der Waals surface area contributed by atoms with E-state index in [1.165, 1.54) is 4.90 Å². The number of cyclic esters (lactones) is 1. The van der Waals surface area contributed by atoms with Crippen LogP contribution in [0, 0.1) is 17.8 Å². The number of aliphatic hydroxyl groups is 1. The van der Waals surface area contributed by atoms with Gasteiger partial charge >= 0.3 is 5.97 Å². The second-order valence-corrected chi connectivity index (χ2v) is 11.3. The Labute approximate surface area is 201 Å². The van der Waals surface area contributed by atoms with Crippen molar-refractivity contribution < 1.29 is 29.0 Å². The number of carbonyl (C=O) groups is 3. The number of fused-ring (bicyclic) bond motifs is 2. The molecule has 4 aliphatic rings. The molecule has 1 unspecified atom stereocenters. The van der Waals surface area contributed by atoms with E-state index in [1.54, 1.807) is 4.90 Å². The third kappa shape index (κ3) is 3.98. The van der Waals surface area contributed by atoms with Crippen molar-refractivity contribution in [2.45, 2.75) is 83.2 Å². The van der Waals surface area contributed by atoms with Crippen LogP contribution in [0.2, 0.25) is 0 Å². The highest BCUT2D eigenvalue weighted by atomic mass is 16.6. The number of esters is 1. The maximum Gasteiger partial charge on any atom is 0.312 e. The second-order valence-electron chi connectivity index (χ2n) is 11.3. The molecule has 0 aromatic heterocycles. The van der Waals surface area contributed by atoms with Crippen LogP contribution in [0.25, 0.3) is 0 Å². The van der Waals surface area contributed by atoms with Crippen LogP contribution in [0.4, 0.5) is 0 Å². The highest BCUT2D eigenvalue weighted by molar-refractivity contribution is 5.99. The molecule has 188 valence electrons. The normalized spacial score (nSPS) is 35.7. The lowest BCUT2D eigenvalue weighted by molar-refractivity contribution is -0.157. The van der Waals surface area contributed by atoms with Crippen molar-refractivity contribution in [2.24, 2.45) is 17.8 Å². The van der Waals surface area contributed by atoms with Gasteiger partial charge in [-0.1, -0.05) is 38.2 Å². The summed E-state index contributed by atoms with van der Waals surface area (Å²) in [7, 11) is 0. The monoisotopic (exact) mass is 474 g/mol. The SMILES string of the molecule is CC(C)C[C@H](CO)N1C(=O)[C@@H]2[C@@H]3C(=O)OCCC/C=C\[C@@H]3O[C@@]23C=CCN(C(C)(C)C)C(=O)C13. The summed E-state index contributed by atoms with van der Waals surface area (Å²) in [6.45, 7) is 10.3. The van der Waals surface area contributed by atoms with Crippen LogP contribution in [0.1, 0.15) is 53.9 Å². The Morgan fingerprint density at radius 1 is 1.18 bits per heavy atom. The number of carbonyl (C=O) groups excluding carboxylic acids is 3. The van der Waals surface area contributed by atoms with E-state index in [2.05, 4.69) is 0 Å². The van der Waals surface area contributed by atoms with E-state index in [4.69, 9.17) is 9.47 Å². The van der Waals surface area contributed by atoms with Gasteiger partial charge in [0.15, 0.2) is 0 Å². The zero-order valence-corrected chi connectivity index (χ0v) is 20.9. The van der Waals surface area contributed by atoms with Crippen LogP contribution in [0.3, 0.4) is 0 Å².